The van der Waals surface area contributed by atoms with E-state index in [9.17, 15) is 9.70 Å². The van der Waals surface area contributed by atoms with E-state index in [1.807, 2.05) is 30.3 Å². The van der Waals surface area contributed by atoms with Crippen LogP contribution in [0.3, 0.4) is 0 Å². The Balaban J connectivity index is 0.000000284. The van der Waals surface area contributed by atoms with E-state index in [0.29, 0.717) is 18.1 Å². The van der Waals surface area contributed by atoms with Crippen LogP contribution in [-0.4, -0.2) is 19.7 Å². The van der Waals surface area contributed by atoms with E-state index in [4.69, 9.17) is 0 Å². The molecule has 0 fully saturated rings. The van der Waals surface area contributed by atoms with Crippen LogP contribution in [0.5, 0.6) is 0 Å². The predicted octanol–water partition coefficient (Wildman–Crippen LogP) is 5.12. The van der Waals surface area contributed by atoms with Gasteiger partial charge in [0.2, 0.25) is 0 Å². The van der Waals surface area contributed by atoms with Crippen molar-refractivity contribution in [3.63, 3.8) is 0 Å². The van der Waals surface area contributed by atoms with Crippen LogP contribution in [0.15, 0.2) is 46.2 Å². The van der Waals surface area contributed by atoms with Crippen LogP contribution in [0, 0.1) is 10.8 Å². The quantitative estimate of drug-likeness (QED) is 0.312. The van der Waals surface area contributed by atoms with Gasteiger partial charge in [0.05, 0.1) is 12.7 Å². The van der Waals surface area contributed by atoms with Crippen LogP contribution in [-0.2, 0) is 9.57 Å². The minimum Gasteiger partial charge on any atom is -0.465 e. The number of methoxy groups -OCH3 is 1. The lowest BCUT2D eigenvalue weighted by molar-refractivity contribution is 0.0601. The molecular weight excluding hydrogens is 362 g/mol. The van der Waals surface area contributed by atoms with Crippen molar-refractivity contribution < 1.29 is 14.4 Å². The molecule has 0 aliphatic rings. The predicted molar refractivity (Wildman–Crippen MR) is 94.2 cm³/mol. The minimum atomic E-state index is -0.318. The molecule has 0 radical (unpaired) electrons. The standard InChI is InChI=1S/C12H9BrO2.C5H11NO2/c1-15-12(14)9-6-8-4-2-3-5-10(8)11(13)7-9;1-5(2)3-4-8-6-7/h2-7H,1H3;5H,3-4H2,1-2H3. The van der Waals surface area contributed by atoms with Crippen LogP contribution in [0.25, 0.3) is 10.8 Å². The fraction of sp³-hybridized carbons (Fsp3) is 0.353. The number of hydrogen-bond donors (Lipinski definition) is 0. The molecule has 0 aliphatic heterocycles. The zero-order chi connectivity index (χ0) is 17.2. The topological polar surface area (TPSA) is 65.0 Å². The minimum absolute atomic E-state index is 0.318. The number of benzene rings is 2. The van der Waals surface area contributed by atoms with Crippen molar-refractivity contribution in [1.29, 1.82) is 0 Å². The Morgan fingerprint density at radius 3 is 2.57 bits per heavy atom. The van der Waals surface area contributed by atoms with Crippen molar-refractivity contribution >= 4 is 32.7 Å². The summed E-state index contributed by atoms with van der Waals surface area (Å²) < 4.78 is 5.58. The number of esters is 1. The lowest BCUT2D eigenvalue weighted by atomic mass is 10.1. The molecule has 2 rings (SSSR count). The maximum atomic E-state index is 11.4. The van der Waals surface area contributed by atoms with Crippen molar-refractivity contribution in [2.75, 3.05) is 13.7 Å². The first-order valence-corrected chi connectivity index (χ1v) is 8.00. The second kappa shape index (κ2) is 9.94. The number of hydrogen-bond acceptors (Lipinski definition) is 5. The Hall–Kier alpha value is -1.95. The van der Waals surface area contributed by atoms with Gasteiger partial charge in [-0.2, -0.15) is 0 Å². The van der Waals surface area contributed by atoms with Gasteiger partial charge >= 0.3 is 5.97 Å². The Bertz CT molecular complexity index is 658. The SMILES string of the molecule is CC(C)CCON=O.COC(=O)c1cc(Br)c2ccccc2c1. The van der Waals surface area contributed by atoms with Gasteiger partial charge in [-0.3, -0.25) is 0 Å². The lowest BCUT2D eigenvalue weighted by Crippen LogP contribution is -2.00. The molecule has 0 aliphatic carbocycles. The Morgan fingerprint density at radius 2 is 1.96 bits per heavy atom. The highest BCUT2D eigenvalue weighted by atomic mass is 79.9. The van der Waals surface area contributed by atoms with Gasteiger partial charge in [0.1, 0.15) is 6.61 Å². The van der Waals surface area contributed by atoms with Gasteiger partial charge in [-0.1, -0.05) is 54.0 Å². The van der Waals surface area contributed by atoms with Crippen molar-refractivity contribution in [2.24, 2.45) is 11.3 Å². The molecule has 0 unspecified atom stereocenters. The van der Waals surface area contributed by atoms with Crippen LogP contribution < -0.4 is 0 Å². The highest BCUT2D eigenvalue weighted by molar-refractivity contribution is 9.10. The molecule has 0 bridgehead atoms. The van der Waals surface area contributed by atoms with Crippen LogP contribution in [0.1, 0.15) is 30.6 Å². The molecule has 0 saturated carbocycles. The number of ether oxygens (including phenoxy) is 1. The second-order valence-electron chi connectivity index (χ2n) is 5.26. The van der Waals surface area contributed by atoms with Gasteiger partial charge < -0.3 is 9.57 Å². The maximum Gasteiger partial charge on any atom is 0.337 e. The van der Waals surface area contributed by atoms with Gasteiger partial charge in [0.25, 0.3) is 0 Å². The number of halogens is 1. The average molecular weight is 382 g/mol. The van der Waals surface area contributed by atoms with Crippen molar-refractivity contribution in [3.8, 4) is 0 Å². The molecule has 6 heteroatoms. The fourth-order valence-corrected chi connectivity index (χ4v) is 2.43. The molecule has 23 heavy (non-hydrogen) atoms. The lowest BCUT2D eigenvalue weighted by Gasteiger charge is -2.04. The number of nitrogens with zero attached hydrogens (tertiary/aromatic N) is 1. The maximum absolute atomic E-state index is 11.4. The molecule has 0 saturated heterocycles. The Labute approximate surface area is 144 Å². The largest absolute Gasteiger partial charge is 0.465 e. The molecule has 0 amide bonds. The van der Waals surface area contributed by atoms with Crippen LogP contribution in [0.4, 0.5) is 0 Å². The molecule has 5 nitrogen and oxygen atoms in total. The van der Waals surface area contributed by atoms with Crippen LogP contribution in [0.2, 0.25) is 0 Å². The summed E-state index contributed by atoms with van der Waals surface area (Å²) in [5, 5.41) is 4.37. The van der Waals surface area contributed by atoms with E-state index >= 15 is 0 Å². The third kappa shape index (κ3) is 6.36. The zero-order valence-corrected chi connectivity index (χ0v) is 15.0. The number of rotatable bonds is 5. The molecule has 0 spiro atoms. The zero-order valence-electron chi connectivity index (χ0n) is 13.4. The smallest absolute Gasteiger partial charge is 0.337 e. The fourth-order valence-electron chi connectivity index (χ4n) is 1.83. The van der Waals surface area contributed by atoms with Gasteiger partial charge in [-0.15, -0.1) is 4.91 Å². The first kappa shape index (κ1) is 19.1. The van der Waals surface area contributed by atoms with E-state index in [0.717, 1.165) is 21.7 Å². The van der Waals surface area contributed by atoms with E-state index in [-0.39, 0.29) is 5.97 Å². The summed E-state index contributed by atoms with van der Waals surface area (Å²) in [6.07, 6.45) is 0.895. The number of carbonyl (C=O) groups is 1. The van der Waals surface area contributed by atoms with Gasteiger partial charge in [-0.05, 0) is 35.2 Å². The summed E-state index contributed by atoms with van der Waals surface area (Å²) in [5.41, 5.74) is 0.558. The molecular formula is C17H20BrNO4. The number of carbonyl (C=O) groups excluding carboxylic acids is 1. The molecule has 0 heterocycles. The van der Waals surface area contributed by atoms with Crippen LogP contribution >= 0.6 is 15.9 Å². The molecule has 0 N–H and O–H groups in total. The molecule has 2 aromatic rings. The summed E-state index contributed by atoms with van der Waals surface area (Å²) in [6, 6.07) is 11.5. The number of fused-ring (bicyclic) bond motifs is 1. The highest BCUT2D eigenvalue weighted by Crippen LogP contribution is 2.25. The third-order valence-electron chi connectivity index (χ3n) is 3.07. The van der Waals surface area contributed by atoms with Crippen molar-refractivity contribution in [3.05, 3.63) is 51.3 Å². The van der Waals surface area contributed by atoms with Gasteiger partial charge in [0.15, 0.2) is 5.34 Å². The molecule has 2 aromatic carbocycles. The normalized spacial score (nSPS) is 9.96. The van der Waals surface area contributed by atoms with Crippen molar-refractivity contribution in [2.45, 2.75) is 20.3 Å². The second-order valence-corrected chi connectivity index (χ2v) is 6.12. The monoisotopic (exact) mass is 381 g/mol. The Morgan fingerprint density at radius 1 is 1.26 bits per heavy atom. The summed E-state index contributed by atoms with van der Waals surface area (Å²) in [7, 11) is 1.38. The third-order valence-corrected chi connectivity index (χ3v) is 3.73. The van der Waals surface area contributed by atoms with E-state index in [1.54, 1.807) is 6.07 Å². The Kier molecular flexibility index (Phi) is 8.26. The summed E-state index contributed by atoms with van der Waals surface area (Å²) >= 11 is 3.44. The molecule has 124 valence electrons. The van der Waals surface area contributed by atoms with E-state index in [1.165, 1.54) is 7.11 Å². The highest BCUT2D eigenvalue weighted by Gasteiger charge is 2.08. The van der Waals surface area contributed by atoms with Gasteiger partial charge in [-0.25, -0.2) is 4.79 Å². The van der Waals surface area contributed by atoms with Crippen molar-refractivity contribution in [1.82, 2.24) is 0 Å². The molecule has 0 atom stereocenters. The average Bonchev–Trinajstić information content (AvgIpc) is 2.54. The first-order valence-electron chi connectivity index (χ1n) is 7.20. The van der Waals surface area contributed by atoms with Gasteiger partial charge in [0, 0.05) is 4.47 Å². The van der Waals surface area contributed by atoms with E-state index in [2.05, 4.69) is 44.7 Å². The van der Waals surface area contributed by atoms with E-state index < -0.39 is 0 Å². The summed E-state index contributed by atoms with van der Waals surface area (Å²) in [6.45, 7) is 4.57. The summed E-state index contributed by atoms with van der Waals surface area (Å²) in [4.78, 5) is 24.9. The first-order chi connectivity index (χ1) is 11.0. The molecule has 0 aromatic heterocycles. The summed E-state index contributed by atoms with van der Waals surface area (Å²) in [5.74, 6) is 0.262.